The van der Waals surface area contributed by atoms with E-state index in [-0.39, 0.29) is 0 Å². The first-order valence-electron chi connectivity index (χ1n) is 12.9. The molecule has 39 heavy (non-hydrogen) atoms. The molecule has 4 heteroatoms. The molecule has 8 aromatic rings. The highest BCUT2D eigenvalue weighted by atomic mass is 16.3. The molecule has 4 aromatic carbocycles. The van der Waals surface area contributed by atoms with Gasteiger partial charge in [-0.2, -0.15) is 0 Å². The summed E-state index contributed by atoms with van der Waals surface area (Å²) in [5.74, 6) is 0. The van der Waals surface area contributed by atoms with E-state index in [0.29, 0.717) is 0 Å². The van der Waals surface area contributed by atoms with Gasteiger partial charge in [-0.3, -0.25) is 4.98 Å². The standard InChI is InChI=1S/C35H21N3O/c1-3-8-31-27(7-1)33-28(17-16-26-25-6-2-4-11-32(25)39-35(26)33)34(38-31)24-14-12-22(13-15-24)29-9-5-10-30(37-29)23-18-20-36-21-19-23/h1-21H. The fourth-order valence-electron chi connectivity index (χ4n) is 5.51. The summed E-state index contributed by atoms with van der Waals surface area (Å²) < 4.78 is 6.45. The highest BCUT2D eigenvalue weighted by Gasteiger charge is 2.17. The lowest BCUT2D eigenvalue weighted by Crippen LogP contribution is -1.91. The van der Waals surface area contributed by atoms with Gasteiger partial charge in [-0.05, 0) is 42.5 Å². The molecular weight excluding hydrogens is 478 g/mol. The van der Waals surface area contributed by atoms with Crippen molar-refractivity contribution in [3.05, 3.63) is 128 Å². The summed E-state index contributed by atoms with van der Waals surface area (Å²) in [5, 5.41) is 5.51. The van der Waals surface area contributed by atoms with Crippen LogP contribution in [0.4, 0.5) is 0 Å². The van der Waals surface area contributed by atoms with Crippen molar-refractivity contribution in [3.63, 3.8) is 0 Å². The van der Waals surface area contributed by atoms with Gasteiger partial charge in [0, 0.05) is 56.0 Å². The Kier molecular flexibility index (Phi) is 4.79. The maximum atomic E-state index is 6.45. The van der Waals surface area contributed by atoms with Crippen LogP contribution in [0.3, 0.4) is 0 Å². The molecule has 0 aliphatic rings. The van der Waals surface area contributed by atoms with Gasteiger partial charge in [0.2, 0.25) is 0 Å². The minimum absolute atomic E-state index is 0.897. The molecule has 4 nitrogen and oxygen atoms in total. The molecule has 4 aromatic heterocycles. The van der Waals surface area contributed by atoms with Crippen LogP contribution in [0.15, 0.2) is 132 Å². The van der Waals surface area contributed by atoms with Crippen molar-refractivity contribution < 1.29 is 4.42 Å². The Morgan fingerprint density at radius 3 is 1.95 bits per heavy atom. The third-order valence-corrected chi connectivity index (χ3v) is 7.39. The second kappa shape index (κ2) is 8.61. The fourth-order valence-corrected chi connectivity index (χ4v) is 5.51. The first-order valence-corrected chi connectivity index (χ1v) is 12.9. The van der Waals surface area contributed by atoms with Crippen LogP contribution < -0.4 is 0 Å². The zero-order chi connectivity index (χ0) is 25.8. The Bertz CT molecular complexity index is 2160. The molecule has 0 saturated heterocycles. The topological polar surface area (TPSA) is 51.8 Å². The SMILES string of the molecule is c1cc(-c2ccncc2)nc(-c2ccc(-c3nc4ccccc4c4c3ccc3c5ccccc5oc34)cc2)c1. The van der Waals surface area contributed by atoms with E-state index in [4.69, 9.17) is 14.4 Å². The Morgan fingerprint density at radius 1 is 0.462 bits per heavy atom. The quantitative estimate of drug-likeness (QED) is 0.228. The molecule has 4 heterocycles. The average Bonchev–Trinajstić information content (AvgIpc) is 3.40. The fraction of sp³-hybridized carbons (Fsp3) is 0. The third-order valence-electron chi connectivity index (χ3n) is 7.39. The molecule has 0 N–H and O–H groups in total. The second-order valence-corrected chi connectivity index (χ2v) is 9.66. The van der Waals surface area contributed by atoms with Crippen molar-refractivity contribution >= 4 is 43.6 Å². The Morgan fingerprint density at radius 2 is 1.13 bits per heavy atom. The normalized spacial score (nSPS) is 11.6. The van der Waals surface area contributed by atoms with Crippen LogP contribution in [0.25, 0.3) is 77.4 Å². The van der Waals surface area contributed by atoms with Crippen LogP contribution in [-0.4, -0.2) is 15.0 Å². The number of pyridine rings is 3. The minimum Gasteiger partial charge on any atom is -0.455 e. The molecule has 0 radical (unpaired) electrons. The number of hydrogen-bond donors (Lipinski definition) is 0. The molecule has 0 saturated carbocycles. The zero-order valence-corrected chi connectivity index (χ0v) is 20.9. The lowest BCUT2D eigenvalue weighted by molar-refractivity contribution is 0.673. The van der Waals surface area contributed by atoms with Gasteiger partial charge < -0.3 is 4.42 Å². The van der Waals surface area contributed by atoms with Crippen molar-refractivity contribution in [2.75, 3.05) is 0 Å². The van der Waals surface area contributed by atoms with E-state index >= 15 is 0 Å². The van der Waals surface area contributed by atoms with Crippen LogP contribution in [0.1, 0.15) is 0 Å². The Hall–Kier alpha value is -5.35. The molecule has 0 fully saturated rings. The molecule has 182 valence electrons. The highest BCUT2D eigenvalue weighted by Crippen LogP contribution is 2.40. The van der Waals surface area contributed by atoms with Crippen molar-refractivity contribution in [2.24, 2.45) is 0 Å². The number of para-hydroxylation sites is 2. The van der Waals surface area contributed by atoms with Crippen molar-refractivity contribution in [1.82, 2.24) is 15.0 Å². The zero-order valence-electron chi connectivity index (χ0n) is 20.9. The summed E-state index contributed by atoms with van der Waals surface area (Å²) in [7, 11) is 0. The van der Waals surface area contributed by atoms with Gasteiger partial charge in [0.25, 0.3) is 0 Å². The number of benzene rings is 4. The van der Waals surface area contributed by atoms with Crippen LogP contribution in [0.5, 0.6) is 0 Å². The largest absolute Gasteiger partial charge is 0.455 e. The van der Waals surface area contributed by atoms with Gasteiger partial charge in [-0.25, -0.2) is 9.97 Å². The molecule has 0 spiro atoms. The molecule has 0 atom stereocenters. The van der Waals surface area contributed by atoms with E-state index in [1.807, 2.05) is 48.5 Å². The molecular formula is C35H21N3O. The van der Waals surface area contributed by atoms with Gasteiger partial charge in [0.15, 0.2) is 0 Å². The minimum atomic E-state index is 0.897. The van der Waals surface area contributed by atoms with Crippen molar-refractivity contribution in [1.29, 1.82) is 0 Å². The summed E-state index contributed by atoms with van der Waals surface area (Å²) in [5.41, 5.74) is 8.70. The highest BCUT2D eigenvalue weighted by molar-refractivity contribution is 6.24. The van der Waals surface area contributed by atoms with Crippen LogP contribution in [0.2, 0.25) is 0 Å². The second-order valence-electron chi connectivity index (χ2n) is 9.66. The van der Waals surface area contributed by atoms with Crippen molar-refractivity contribution in [3.8, 4) is 33.8 Å². The summed E-state index contributed by atoms with van der Waals surface area (Å²) in [6.07, 6.45) is 3.58. The van der Waals surface area contributed by atoms with E-state index < -0.39 is 0 Å². The van der Waals surface area contributed by atoms with E-state index in [0.717, 1.165) is 77.4 Å². The molecule has 8 rings (SSSR count). The van der Waals surface area contributed by atoms with E-state index in [1.54, 1.807) is 12.4 Å². The molecule has 0 unspecified atom stereocenters. The number of rotatable bonds is 3. The number of fused-ring (bicyclic) bond motifs is 7. The van der Waals surface area contributed by atoms with Gasteiger partial charge in [0.05, 0.1) is 22.6 Å². The van der Waals surface area contributed by atoms with E-state index in [1.165, 1.54) is 0 Å². The number of nitrogens with zero attached hydrogens (tertiary/aromatic N) is 3. The predicted octanol–water partition coefficient (Wildman–Crippen LogP) is 9.08. The number of hydrogen-bond acceptors (Lipinski definition) is 4. The maximum absolute atomic E-state index is 6.45. The van der Waals surface area contributed by atoms with Gasteiger partial charge in [-0.1, -0.05) is 72.8 Å². The van der Waals surface area contributed by atoms with Crippen LogP contribution in [0, 0.1) is 0 Å². The first-order chi connectivity index (χ1) is 19.3. The monoisotopic (exact) mass is 499 g/mol. The Labute approximate surface area is 224 Å². The maximum Gasteiger partial charge on any atom is 0.144 e. The van der Waals surface area contributed by atoms with Gasteiger partial charge >= 0.3 is 0 Å². The molecule has 0 amide bonds. The summed E-state index contributed by atoms with van der Waals surface area (Å²) >= 11 is 0. The lowest BCUT2D eigenvalue weighted by Gasteiger charge is -2.11. The first kappa shape index (κ1) is 21.7. The molecule has 0 aliphatic carbocycles. The lowest BCUT2D eigenvalue weighted by atomic mass is 9.97. The van der Waals surface area contributed by atoms with E-state index in [9.17, 15) is 0 Å². The summed E-state index contributed by atoms with van der Waals surface area (Å²) in [6, 6.07) is 39.4. The molecule has 0 bridgehead atoms. The smallest absolute Gasteiger partial charge is 0.144 e. The van der Waals surface area contributed by atoms with Gasteiger partial charge in [-0.15, -0.1) is 0 Å². The summed E-state index contributed by atoms with van der Waals surface area (Å²) in [6.45, 7) is 0. The third kappa shape index (κ3) is 3.50. The van der Waals surface area contributed by atoms with Gasteiger partial charge in [0.1, 0.15) is 11.2 Å². The molecule has 0 aliphatic heterocycles. The number of aromatic nitrogens is 3. The number of furan rings is 1. The predicted molar refractivity (Wildman–Crippen MR) is 158 cm³/mol. The van der Waals surface area contributed by atoms with Crippen LogP contribution in [-0.2, 0) is 0 Å². The van der Waals surface area contributed by atoms with Crippen molar-refractivity contribution in [2.45, 2.75) is 0 Å². The van der Waals surface area contributed by atoms with E-state index in [2.05, 4.69) is 71.7 Å². The van der Waals surface area contributed by atoms with Crippen LogP contribution >= 0.6 is 0 Å². The summed E-state index contributed by atoms with van der Waals surface area (Å²) in [4.78, 5) is 14.2. The average molecular weight is 500 g/mol. The Balaban J connectivity index is 1.30.